The predicted octanol–water partition coefficient (Wildman–Crippen LogP) is 2.29. The lowest BCUT2D eigenvalue weighted by Crippen LogP contribution is -2.32. The monoisotopic (exact) mass is 209 g/mol. The molecule has 1 aromatic rings. The first kappa shape index (κ1) is 11.9. The first-order valence-electron chi connectivity index (χ1n) is 5.06. The van der Waals surface area contributed by atoms with E-state index in [1.165, 1.54) is 0 Å². The van der Waals surface area contributed by atoms with E-state index in [0.29, 0.717) is 0 Å². The largest absolute Gasteiger partial charge is 0.497 e. The van der Waals surface area contributed by atoms with Gasteiger partial charge in [-0.15, -0.1) is 0 Å². The van der Waals surface area contributed by atoms with Gasteiger partial charge < -0.3 is 15.2 Å². The summed E-state index contributed by atoms with van der Waals surface area (Å²) in [6.07, 6.45) is 0.844. The number of rotatable bonds is 4. The Bertz CT molecular complexity index is 334. The van der Waals surface area contributed by atoms with E-state index in [4.69, 9.17) is 15.2 Å². The molecule has 0 spiro atoms. The first-order valence-corrected chi connectivity index (χ1v) is 5.06. The van der Waals surface area contributed by atoms with Crippen LogP contribution in [0.15, 0.2) is 18.2 Å². The van der Waals surface area contributed by atoms with Gasteiger partial charge in [0.05, 0.1) is 14.2 Å². The molecule has 0 saturated heterocycles. The molecule has 0 heterocycles. The molecule has 0 amide bonds. The Balaban J connectivity index is 3.23. The Hall–Kier alpha value is -1.22. The molecular formula is C12H19NO2. The molecule has 1 aromatic carbocycles. The molecule has 0 radical (unpaired) electrons. The highest BCUT2D eigenvalue weighted by Crippen LogP contribution is 2.33. The second-order valence-corrected chi connectivity index (χ2v) is 3.84. The topological polar surface area (TPSA) is 44.5 Å². The highest BCUT2D eigenvalue weighted by Gasteiger charge is 2.23. The molecule has 1 rings (SSSR count). The average molecular weight is 209 g/mol. The Morgan fingerprint density at radius 3 is 2.40 bits per heavy atom. The van der Waals surface area contributed by atoms with Crippen molar-refractivity contribution in [2.45, 2.75) is 25.8 Å². The van der Waals surface area contributed by atoms with Gasteiger partial charge in [-0.1, -0.05) is 6.92 Å². The number of hydrogen-bond acceptors (Lipinski definition) is 3. The second kappa shape index (κ2) is 4.53. The molecule has 0 aliphatic heterocycles. The van der Waals surface area contributed by atoms with E-state index >= 15 is 0 Å². The van der Waals surface area contributed by atoms with E-state index in [-0.39, 0.29) is 5.54 Å². The molecule has 0 saturated carbocycles. The minimum absolute atomic E-state index is 0.389. The minimum atomic E-state index is -0.389. The molecule has 3 heteroatoms. The van der Waals surface area contributed by atoms with Crippen molar-refractivity contribution in [3.63, 3.8) is 0 Å². The molecule has 0 bridgehead atoms. The van der Waals surface area contributed by atoms with Crippen LogP contribution in [0.3, 0.4) is 0 Å². The van der Waals surface area contributed by atoms with Gasteiger partial charge in [-0.3, -0.25) is 0 Å². The van der Waals surface area contributed by atoms with Gasteiger partial charge in [0.1, 0.15) is 11.5 Å². The van der Waals surface area contributed by atoms with Crippen molar-refractivity contribution in [1.29, 1.82) is 0 Å². The fourth-order valence-electron chi connectivity index (χ4n) is 1.45. The van der Waals surface area contributed by atoms with Gasteiger partial charge in [-0.25, -0.2) is 0 Å². The van der Waals surface area contributed by atoms with Crippen molar-refractivity contribution >= 4 is 0 Å². The summed E-state index contributed by atoms with van der Waals surface area (Å²) in [4.78, 5) is 0. The number of hydrogen-bond donors (Lipinski definition) is 1. The van der Waals surface area contributed by atoms with Crippen molar-refractivity contribution in [3.05, 3.63) is 23.8 Å². The van der Waals surface area contributed by atoms with Crippen LogP contribution in [0.1, 0.15) is 25.8 Å². The van der Waals surface area contributed by atoms with Crippen LogP contribution >= 0.6 is 0 Å². The zero-order chi connectivity index (χ0) is 11.5. The normalized spacial score (nSPS) is 14.5. The van der Waals surface area contributed by atoms with Crippen LogP contribution in [0.25, 0.3) is 0 Å². The zero-order valence-corrected chi connectivity index (χ0v) is 9.83. The molecule has 0 fully saturated rings. The number of nitrogens with two attached hydrogens (primary N) is 1. The Labute approximate surface area is 91.2 Å². The molecule has 0 aliphatic carbocycles. The molecule has 3 nitrogen and oxygen atoms in total. The van der Waals surface area contributed by atoms with Crippen molar-refractivity contribution in [2.75, 3.05) is 14.2 Å². The maximum absolute atomic E-state index is 6.20. The van der Waals surface area contributed by atoms with Gasteiger partial charge in [0.2, 0.25) is 0 Å². The first-order chi connectivity index (χ1) is 7.05. The van der Waals surface area contributed by atoms with Crippen molar-refractivity contribution in [2.24, 2.45) is 5.73 Å². The maximum atomic E-state index is 6.20. The van der Waals surface area contributed by atoms with Crippen molar-refractivity contribution < 1.29 is 9.47 Å². The SMILES string of the molecule is CCC(C)(N)c1cc(OC)ccc1OC. The molecule has 1 atom stereocenters. The summed E-state index contributed by atoms with van der Waals surface area (Å²) in [6, 6.07) is 5.69. The summed E-state index contributed by atoms with van der Waals surface area (Å²) in [5.41, 5.74) is 6.79. The fourth-order valence-corrected chi connectivity index (χ4v) is 1.45. The van der Waals surface area contributed by atoms with E-state index in [9.17, 15) is 0 Å². The van der Waals surface area contributed by atoms with Gasteiger partial charge in [0, 0.05) is 11.1 Å². The van der Waals surface area contributed by atoms with Crippen LogP contribution < -0.4 is 15.2 Å². The molecule has 84 valence electrons. The van der Waals surface area contributed by atoms with Crippen molar-refractivity contribution in [1.82, 2.24) is 0 Å². The standard InChI is InChI=1S/C12H19NO2/c1-5-12(2,13)10-8-9(14-3)6-7-11(10)15-4/h6-8H,5,13H2,1-4H3. The maximum Gasteiger partial charge on any atom is 0.124 e. The van der Waals surface area contributed by atoms with E-state index in [0.717, 1.165) is 23.5 Å². The summed E-state index contributed by atoms with van der Waals surface area (Å²) in [6.45, 7) is 4.04. The van der Waals surface area contributed by atoms with Crippen LogP contribution in [0.2, 0.25) is 0 Å². The van der Waals surface area contributed by atoms with E-state index in [1.807, 2.05) is 25.1 Å². The summed E-state index contributed by atoms with van der Waals surface area (Å²) >= 11 is 0. The predicted molar refractivity (Wildman–Crippen MR) is 61.4 cm³/mol. The van der Waals surface area contributed by atoms with Gasteiger partial charge >= 0.3 is 0 Å². The Morgan fingerprint density at radius 2 is 1.93 bits per heavy atom. The molecule has 0 aromatic heterocycles. The van der Waals surface area contributed by atoms with Crippen molar-refractivity contribution in [3.8, 4) is 11.5 Å². The van der Waals surface area contributed by atoms with E-state index in [2.05, 4.69) is 6.92 Å². The van der Waals surface area contributed by atoms with Crippen LogP contribution in [0.5, 0.6) is 11.5 Å². The van der Waals surface area contributed by atoms with E-state index < -0.39 is 0 Å². The third kappa shape index (κ3) is 2.42. The summed E-state index contributed by atoms with van der Waals surface area (Å²) in [5.74, 6) is 1.61. The average Bonchev–Trinajstić information content (AvgIpc) is 2.28. The highest BCUT2D eigenvalue weighted by atomic mass is 16.5. The minimum Gasteiger partial charge on any atom is -0.497 e. The lowest BCUT2D eigenvalue weighted by atomic mass is 9.89. The molecule has 2 N–H and O–H groups in total. The summed E-state index contributed by atoms with van der Waals surface area (Å²) in [7, 11) is 3.29. The smallest absolute Gasteiger partial charge is 0.124 e. The Kier molecular flexibility index (Phi) is 3.58. The molecule has 15 heavy (non-hydrogen) atoms. The highest BCUT2D eigenvalue weighted by molar-refractivity contribution is 5.44. The molecule has 0 aliphatic rings. The van der Waals surface area contributed by atoms with E-state index in [1.54, 1.807) is 14.2 Å². The number of ether oxygens (including phenoxy) is 2. The third-order valence-corrected chi connectivity index (χ3v) is 2.76. The van der Waals surface area contributed by atoms with Gasteiger partial charge in [0.25, 0.3) is 0 Å². The number of benzene rings is 1. The molecular weight excluding hydrogens is 190 g/mol. The second-order valence-electron chi connectivity index (χ2n) is 3.84. The Morgan fingerprint density at radius 1 is 1.27 bits per heavy atom. The quantitative estimate of drug-likeness (QED) is 0.827. The zero-order valence-electron chi connectivity index (χ0n) is 9.83. The van der Waals surface area contributed by atoms with Gasteiger partial charge in [0.15, 0.2) is 0 Å². The van der Waals surface area contributed by atoms with Gasteiger partial charge in [-0.05, 0) is 31.5 Å². The number of methoxy groups -OCH3 is 2. The summed E-state index contributed by atoms with van der Waals surface area (Å²) < 4.78 is 10.5. The van der Waals surface area contributed by atoms with Crippen LogP contribution in [-0.2, 0) is 5.54 Å². The van der Waals surface area contributed by atoms with Gasteiger partial charge in [-0.2, -0.15) is 0 Å². The third-order valence-electron chi connectivity index (χ3n) is 2.76. The van der Waals surface area contributed by atoms with Crippen LogP contribution in [-0.4, -0.2) is 14.2 Å². The lowest BCUT2D eigenvalue weighted by molar-refractivity contribution is 0.375. The summed E-state index contributed by atoms with van der Waals surface area (Å²) in [5, 5.41) is 0. The van der Waals surface area contributed by atoms with Crippen LogP contribution in [0.4, 0.5) is 0 Å². The molecule has 1 unspecified atom stereocenters. The fraction of sp³-hybridized carbons (Fsp3) is 0.500. The van der Waals surface area contributed by atoms with Crippen LogP contribution in [0, 0.1) is 0 Å². The lowest BCUT2D eigenvalue weighted by Gasteiger charge is -2.25.